The molecule has 2 rings (SSSR count). The van der Waals surface area contributed by atoms with E-state index in [0.717, 1.165) is 5.56 Å². The number of thiocarbonyl (C=S) groups is 1. The van der Waals surface area contributed by atoms with E-state index < -0.39 is 5.91 Å². The lowest BCUT2D eigenvalue weighted by molar-refractivity contribution is 0.0934. The molecule has 0 spiro atoms. The van der Waals surface area contributed by atoms with Crippen molar-refractivity contribution >= 4 is 29.1 Å². The molecule has 0 heterocycles. The summed E-state index contributed by atoms with van der Waals surface area (Å²) < 4.78 is 0. The predicted molar refractivity (Wildman–Crippen MR) is 104 cm³/mol. The number of hydrogen-bond donors (Lipinski definition) is 4. The second kappa shape index (κ2) is 7.97. The monoisotopic (exact) mass is 371 g/mol. The van der Waals surface area contributed by atoms with Crippen LogP contribution in [0.3, 0.4) is 0 Å². The second-order valence-electron chi connectivity index (χ2n) is 6.74. The van der Waals surface area contributed by atoms with E-state index in [2.05, 4.69) is 36.9 Å². The van der Waals surface area contributed by atoms with E-state index in [4.69, 9.17) is 12.2 Å². The number of hydrogen-bond acceptors (Lipinski definition) is 4. The number of aromatic hydroxyl groups is 1. The minimum atomic E-state index is -0.448. The lowest BCUT2D eigenvalue weighted by Gasteiger charge is -2.19. The van der Waals surface area contributed by atoms with Crippen molar-refractivity contribution in [2.24, 2.45) is 0 Å². The molecule has 0 aliphatic rings. The van der Waals surface area contributed by atoms with E-state index in [1.807, 2.05) is 12.1 Å². The van der Waals surface area contributed by atoms with Crippen molar-refractivity contribution in [3.8, 4) is 5.75 Å². The van der Waals surface area contributed by atoms with E-state index >= 15 is 0 Å². The number of phenolic OH excluding ortho intramolecular Hbond substituents is 1. The topological polar surface area (TPSA) is 90.5 Å². The van der Waals surface area contributed by atoms with Crippen molar-refractivity contribution in [3.05, 3.63) is 65.2 Å². The van der Waals surface area contributed by atoms with Crippen LogP contribution in [0.2, 0.25) is 0 Å². The van der Waals surface area contributed by atoms with Crippen molar-refractivity contribution in [2.75, 3.05) is 0 Å². The summed E-state index contributed by atoms with van der Waals surface area (Å²) in [7, 11) is 0. The van der Waals surface area contributed by atoms with Crippen LogP contribution in [0.4, 0.5) is 0 Å². The molecular weight excluding hydrogens is 350 g/mol. The molecule has 2 aromatic carbocycles. The number of carbonyl (C=O) groups is 2. The molecule has 26 heavy (non-hydrogen) atoms. The molecular formula is C19H21N3O3S. The third-order valence-electron chi connectivity index (χ3n) is 3.66. The SMILES string of the molecule is CC(C)(C)c1ccc(C(=O)NC(=S)NNC(=O)c2ccc(O)cc2)cc1. The smallest absolute Gasteiger partial charge is 0.269 e. The molecule has 6 nitrogen and oxygen atoms in total. The summed E-state index contributed by atoms with van der Waals surface area (Å²) >= 11 is 5.01. The van der Waals surface area contributed by atoms with Gasteiger partial charge in [-0.3, -0.25) is 25.8 Å². The molecule has 0 aliphatic heterocycles. The molecule has 4 N–H and O–H groups in total. The summed E-state index contributed by atoms with van der Waals surface area (Å²) in [6.45, 7) is 6.29. The maximum Gasteiger partial charge on any atom is 0.269 e. The van der Waals surface area contributed by atoms with Crippen LogP contribution in [-0.2, 0) is 5.41 Å². The highest BCUT2D eigenvalue weighted by atomic mass is 32.1. The van der Waals surface area contributed by atoms with Gasteiger partial charge in [-0.05, 0) is 59.6 Å². The Morgan fingerprint density at radius 3 is 1.88 bits per heavy atom. The fraction of sp³-hybridized carbons (Fsp3) is 0.211. The normalized spacial score (nSPS) is 10.7. The van der Waals surface area contributed by atoms with E-state index in [0.29, 0.717) is 11.1 Å². The average Bonchev–Trinajstić information content (AvgIpc) is 2.59. The third kappa shape index (κ3) is 5.29. The molecule has 0 saturated heterocycles. The lowest BCUT2D eigenvalue weighted by atomic mass is 9.87. The standard InChI is InChI=1S/C19H21N3O3S/c1-19(2,3)14-8-4-12(5-9-14)16(24)20-18(26)22-21-17(25)13-6-10-15(23)11-7-13/h4-11,23H,1-3H3,(H,21,25)(H2,20,22,24,26). The van der Waals surface area contributed by atoms with Gasteiger partial charge in [0.2, 0.25) is 0 Å². The van der Waals surface area contributed by atoms with Gasteiger partial charge in [0, 0.05) is 11.1 Å². The van der Waals surface area contributed by atoms with Gasteiger partial charge >= 0.3 is 0 Å². The third-order valence-corrected chi connectivity index (χ3v) is 3.86. The fourth-order valence-corrected chi connectivity index (χ4v) is 2.27. The van der Waals surface area contributed by atoms with Crippen LogP contribution >= 0.6 is 12.2 Å². The molecule has 2 amide bonds. The molecule has 0 atom stereocenters. The van der Waals surface area contributed by atoms with Gasteiger partial charge in [0.1, 0.15) is 5.75 Å². The molecule has 136 valence electrons. The first-order valence-corrected chi connectivity index (χ1v) is 8.39. The van der Waals surface area contributed by atoms with Gasteiger partial charge in [0.15, 0.2) is 5.11 Å². The largest absolute Gasteiger partial charge is 0.508 e. The first-order valence-electron chi connectivity index (χ1n) is 7.98. The zero-order valence-electron chi connectivity index (χ0n) is 14.8. The first-order chi connectivity index (χ1) is 12.2. The maximum atomic E-state index is 12.2. The fourth-order valence-electron chi connectivity index (χ4n) is 2.13. The van der Waals surface area contributed by atoms with Crippen molar-refractivity contribution in [3.63, 3.8) is 0 Å². The van der Waals surface area contributed by atoms with Crippen molar-refractivity contribution in [2.45, 2.75) is 26.2 Å². The summed E-state index contributed by atoms with van der Waals surface area (Å²) in [4.78, 5) is 24.1. The quantitative estimate of drug-likeness (QED) is 0.481. The molecule has 0 fully saturated rings. The Morgan fingerprint density at radius 2 is 1.35 bits per heavy atom. The molecule has 0 bridgehead atoms. The van der Waals surface area contributed by atoms with Crippen LogP contribution in [0, 0.1) is 0 Å². The van der Waals surface area contributed by atoms with Gasteiger partial charge in [0.05, 0.1) is 0 Å². The number of amides is 2. The Balaban J connectivity index is 1.88. The highest BCUT2D eigenvalue weighted by Gasteiger charge is 2.15. The number of nitrogens with one attached hydrogen (secondary N) is 3. The summed E-state index contributed by atoms with van der Waals surface area (Å²) in [5, 5.41) is 11.7. The van der Waals surface area contributed by atoms with Crippen LogP contribution in [0.1, 0.15) is 47.1 Å². The van der Waals surface area contributed by atoms with Crippen LogP contribution in [0.25, 0.3) is 0 Å². The zero-order valence-corrected chi connectivity index (χ0v) is 15.6. The highest BCUT2D eigenvalue weighted by Crippen LogP contribution is 2.22. The Kier molecular flexibility index (Phi) is 5.94. The minimum Gasteiger partial charge on any atom is -0.508 e. The van der Waals surface area contributed by atoms with E-state index in [9.17, 15) is 14.7 Å². The summed E-state index contributed by atoms with van der Waals surface area (Å²) in [5.74, 6) is -0.757. The Hall–Kier alpha value is -2.93. The van der Waals surface area contributed by atoms with Crippen LogP contribution in [-0.4, -0.2) is 22.0 Å². The van der Waals surface area contributed by atoms with E-state index in [1.54, 1.807) is 12.1 Å². The summed E-state index contributed by atoms with van der Waals surface area (Å²) in [6.07, 6.45) is 0. The summed E-state index contributed by atoms with van der Waals surface area (Å²) in [5.41, 5.74) is 6.77. The lowest BCUT2D eigenvalue weighted by Crippen LogP contribution is -2.48. The molecule has 0 unspecified atom stereocenters. The van der Waals surface area contributed by atoms with Gasteiger partial charge in [-0.25, -0.2) is 0 Å². The van der Waals surface area contributed by atoms with Crippen LogP contribution in [0.5, 0.6) is 5.75 Å². The summed E-state index contributed by atoms with van der Waals surface area (Å²) in [6, 6.07) is 13.0. The van der Waals surface area contributed by atoms with E-state index in [1.165, 1.54) is 24.3 Å². The highest BCUT2D eigenvalue weighted by molar-refractivity contribution is 7.80. The number of hydrazine groups is 1. The number of benzene rings is 2. The van der Waals surface area contributed by atoms with Crippen LogP contribution < -0.4 is 16.2 Å². The van der Waals surface area contributed by atoms with Crippen molar-refractivity contribution < 1.29 is 14.7 Å². The average molecular weight is 371 g/mol. The molecule has 0 aromatic heterocycles. The molecule has 2 aromatic rings. The molecule has 0 aliphatic carbocycles. The zero-order chi connectivity index (χ0) is 19.3. The number of rotatable bonds is 2. The number of phenols is 1. The molecule has 0 radical (unpaired) electrons. The predicted octanol–water partition coefficient (Wildman–Crippen LogP) is 2.64. The van der Waals surface area contributed by atoms with E-state index in [-0.39, 0.29) is 22.2 Å². The molecule has 0 saturated carbocycles. The van der Waals surface area contributed by atoms with Gasteiger partial charge in [-0.2, -0.15) is 0 Å². The molecule has 7 heteroatoms. The van der Waals surface area contributed by atoms with Gasteiger partial charge in [0.25, 0.3) is 11.8 Å². The maximum absolute atomic E-state index is 12.2. The first kappa shape index (κ1) is 19.4. The Labute approximate surface area is 157 Å². The van der Waals surface area contributed by atoms with Gasteiger partial charge in [-0.15, -0.1) is 0 Å². The Morgan fingerprint density at radius 1 is 0.846 bits per heavy atom. The number of carbonyl (C=O) groups excluding carboxylic acids is 2. The Bertz CT molecular complexity index is 809. The van der Waals surface area contributed by atoms with Gasteiger partial charge < -0.3 is 5.11 Å². The van der Waals surface area contributed by atoms with Crippen molar-refractivity contribution in [1.29, 1.82) is 0 Å². The minimum absolute atomic E-state index is 0.00434. The van der Waals surface area contributed by atoms with Crippen LogP contribution in [0.15, 0.2) is 48.5 Å². The van der Waals surface area contributed by atoms with Crippen molar-refractivity contribution in [1.82, 2.24) is 16.2 Å². The second-order valence-corrected chi connectivity index (χ2v) is 7.14. The van der Waals surface area contributed by atoms with Gasteiger partial charge in [-0.1, -0.05) is 32.9 Å².